The molecule has 1 aromatic carbocycles. The molecule has 0 saturated heterocycles. The highest BCUT2D eigenvalue weighted by Gasteiger charge is 2.34. The van der Waals surface area contributed by atoms with E-state index in [1.165, 1.54) is 37.7 Å². The number of nitrogens with zero attached hydrogens (tertiary/aromatic N) is 3. The first-order chi connectivity index (χ1) is 11.0. The lowest BCUT2D eigenvalue weighted by Gasteiger charge is -2.37. The van der Waals surface area contributed by atoms with Crippen LogP contribution in [0, 0.1) is 0 Å². The van der Waals surface area contributed by atoms with Gasteiger partial charge in [-0.2, -0.15) is 0 Å². The molecule has 4 heteroatoms. The highest BCUT2D eigenvalue weighted by molar-refractivity contribution is 5.79. The average molecular weight is 317 g/mol. The van der Waals surface area contributed by atoms with E-state index in [0.29, 0.717) is 0 Å². The third-order valence-electron chi connectivity index (χ3n) is 4.84. The molecule has 0 N–H and O–H groups in total. The summed E-state index contributed by atoms with van der Waals surface area (Å²) in [5, 5.41) is 0. The summed E-state index contributed by atoms with van der Waals surface area (Å²) in [6.45, 7) is 0.852. The molecule has 1 saturated carbocycles. The van der Waals surface area contributed by atoms with Gasteiger partial charge in [-0.05, 0) is 30.5 Å². The second-order valence-corrected chi connectivity index (χ2v) is 6.97. The monoisotopic (exact) mass is 317 g/mol. The van der Waals surface area contributed by atoms with Gasteiger partial charge < -0.3 is 14.5 Å². The number of hydrogen-bond donors (Lipinski definition) is 0. The topological polar surface area (TPSA) is 28.1 Å². The van der Waals surface area contributed by atoms with Gasteiger partial charge in [0.05, 0.1) is 13.7 Å². The zero-order chi connectivity index (χ0) is 16.9. The first kappa shape index (κ1) is 17.6. The van der Waals surface area contributed by atoms with Crippen LogP contribution in [-0.4, -0.2) is 57.6 Å². The molecular formula is C19H31N3O. The Morgan fingerprint density at radius 1 is 1.00 bits per heavy atom. The van der Waals surface area contributed by atoms with E-state index in [2.05, 4.69) is 62.3 Å². The van der Waals surface area contributed by atoms with Crippen LogP contribution in [0.5, 0.6) is 5.75 Å². The fourth-order valence-electron chi connectivity index (χ4n) is 3.62. The molecule has 4 nitrogen and oxygen atoms in total. The Bertz CT molecular complexity index is 504. The van der Waals surface area contributed by atoms with Crippen LogP contribution in [0.2, 0.25) is 0 Å². The van der Waals surface area contributed by atoms with Gasteiger partial charge in [0.25, 0.3) is 0 Å². The zero-order valence-corrected chi connectivity index (χ0v) is 15.3. The number of rotatable bonds is 4. The van der Waals surface area contributed by atoms with Crippen LogP contribution < -0.4 is 4.74 Å². The lowest BCUT2D eigenvalue weighted by atomic mass is 9.69. The van der Waals surface area contributed by atoms with E-state index >= 15 is 0 Å². The molecular weight excluding hydrogens is 286 g/mol. The first-order valence-corrected chi connectivity index (χ1v) is 8.52. The molecule has 2 rings (SSSR count). The van der Waals surface area contributed by atoms with Crippen molar-refractivity contribution in [2.24, 2.45) is 4.99 Å². The van der Waals surface area contributed by atoms with Crippen LogP contribution in [-0.2, 0) is 5.41 Å². The molecule has 0 unspecified atom stereocenters. The maximum atomic E-state index is 5.31. The van der Waals surface area contributed by atoms with Crippen LogP contribution in [0.3, 0.4) is 0 Å². The molecule has 1 fully saturated rings. The van der Waals surface area contributed by atoms with Crippen molar-refractivity contribution in [3.8, 4) is 5.75 Å². The maximum absolute atomic E-state index is 5.31. The summed E-state index contributed by atoms with van der Waals surface area (Å²) in [6, 6.07) is 8.61. The van der Waals surface area contributed by atoms with Gasteiger partial charge in [-0.15, -0.1) is 0 Å². The smallest absolute Gasteiger partial charge is 0.195 e. The van der Waals surface area contributed by atoms with Crippen LogP contribution in [0.1, 0.15) is 37.7 Å². The molecule has 0 bridgehead atoms. The number of ether oxygens (including phenoxy) is 1. The largest absolute Gasteiger partial charge is 0.497 e. The Morgan fingerprint density at radius 3 is 2.04 bits per heavy atom. The van der Waals surface area contributed by atoms with Crippen molar-refractivity contribution < 1.29 is 4.74 Å². The van der Waals surface area contributed by atoms with Crippen molar-refractivity contribution in [2.75, 3.05) is 41.8 Å². The highest BCUT2D eigenvalue weighted by atomic mass is 16.5. The highest BCUT2D eigenvalue weighted by Crippen LogP contribution is 2.40. The standard InChI is InChI=1S/C19H31N3O/c1-21(2)18(22(3)4)20-15-19(13-7-6-8-14-19)16-9-11-17(23-5)12-10-16/h9-12H,6-8,13-15H2,1-5H3. The van der Waals surface area contributed by atoms with Gasteiger partial charge in [-0.3, -0.25) is 4.99 Å². The fourth-order valence-corrected chi connectivity index (χ4v) is 3.62. The maximum Gasteiger partial charge on any atom is 0.195 e. The third-order valence-corrected chi connectivity index (χ3v) is 4.84. The minimum atomic E-state index is 0.168. The minimum Gasteiger partial charge on any atom is -0.497 e. The van der Waals surface area contributed by atoms with Crippen molar-refractivity contribution in [3.05, 3.63) is 29.8 Å². The molecule has 1 aliphatic carbocycles. The quantitative estimate of drug-likeness (QED) is 0.629. The molecule has 0 atom stereocenters. The molecule has 0 aromatic heterocycles. The van der Waals surface area contributed by atoms with E-state index in [0.717, 1.165) is 18.3 Å². The van der Waals surface area contributed by atoms with Crippen LogP contribution in [0.4, 0.5) is 0 Å². The normalized spacial score (nSPS) is 16.6. The molecule has 0 spiro atoms. The summed E-state index contributed by atoms with van der Waals surface area (Å²) in [6.07, 6.45) is 6.37. The lowest BCUT2D eigenvalue weighted by Crippen LogP contribution is -2.38. The molecule has 1 aliphatic rings. The Labute approximate surface area is 141 Å². The number of benzene rings is 1. The van der Waals surface area contributed by atoms with E-state index in [-0.39, 0.29) is 5.41 Å². The van der Waals surface area contributed by atoms with Crippen molar-refractivity contribution in [1.29, 1.82) is 0 Å². The molecule has 0 amide bonds. The molecule has 0 radical (unpaired) electrons. The number of methoxy groups -OCH3 is 1. The second kappa shape index (κ2) is 7.71. The Kier molecular flexibility index (Phi) is 5.91. The van der Waals surface area contributed by atoms with Gasteiger partial charge in [0, 0.05) is 33.6 Å². The van der Waals surface area contributed by atoms with Crippen molar-refractivity contribution in [3.63, 3.8) is 0 Å². The second-order valence-electron chi connectivity index (χ2n) is 6.97. The Morgan fingerprint density at radius 2 is 1.57 bits per heavy atom. The molecule has 0 aliphatic heterocycles. The predicted molar refractivity (Wildman–Crippen MR) is 97.4 cm³/mol. The lowest BCUT2D eigenvalue weighted by molar-refractivity contribution is 0.298. The van der Waals surface area contributed by atoms with Crippen molar-refractivity contribution in [1.82, 2.24) is 9.80 Å². The van der Waals surface area contributed by atoms with Crippen molar-refractivity contribution in [2.45, 2.75) is 37.5 Å². The van der Waals surface area contributed by atoms with Crippen molar-refractivity contribution >= 4 is 5.96 Å². The molecule has 0 heterocycles. The molecule has 128 valence electrons. The molecule has 23 heavy (non-hydrogen) atoms. The Balaban J connectivity index is 2.29. The third kappa shape index (κ3) is 4.18. The zero-order valence-electron chi connectivity index (χ0n) is 15.3. The Hall–Kier alpha value is -1.71. The predicted octanol–water partition coefficient (Wildman–Crippen LogP) is 3.38. The van der Waals surface area contributed by atoms with Crippen LogP contribution in [0.15, 0.2) is 29.3 Å². The van der Waals surface area contributed by atoms with E-state index in [1.807, 2.05) is 0 Å². The van der Waals surface area contributed by atoms with Gasteiger partial charge >= 0.3 is 0 Å². The van der Waals surface area contributed by atoms with E-state index in [1.54, 1.807) is 7.11 Å². The number of aliphatic imine (C=N–C) groups is 1. The van der Waals surface area contributed by atoms with Gasteiger partial charge in [0.15, 0.2) is 5.96 Å². The van der Waals surface area contributed by atoms with Crippen LogP contribution >= 0.6 is 0 Å². The van der Waals surface area contributed by atoms with E-state index < -0.39 is 0 Å². The van der Waals surface area contributed by atoms with Gasteiger partial charge in [-0.25, -0.2) is 0 Å². The summed E-state index contributed by atoms with van der Waals surface area (Å²) in [5.74, 6) is 1.95. The van der Waals surface area contributed by atoms with Crippen LogP contribution in [0.25, 0.3) is 0 Å². The number of guanidine groups is 1. The van der Waals surface area contributed by atoms with E-state index in [4.69, 9.17) is 9.73 Å². The van der Waals surface area contributed by atoms with Gasteiger partial charge in [0.1, 0.15) is 5.75 Å². The summed E-state index contributed by atoms with van der Waals surface area (Å²) in [4.78, 5) is 9.15. The summed E-state index contributed by atoms with van der Waals surface area (Å²) < 4.78 is 5.31. The minimum absolute atomic E-state index is 0.168. The van der Waals surface area contributed by atoms with Gasteiger partial charge in [-0.1, -0.05) is 31.4 Å². The summed E-state index contributed by atoms with van der Waals surface area (Å²) >= 11 is 0. The fraction of sp³-hybridized carbons (Fsp3) is 0.632. The summed E-state index contributed by atoms with van der Waals surface area (Å²) in [7, 11) is 9.94. The summed E-state index contributed by atoms with van der Waals surface area (Å²) in [5.41, 5.74) is 1.57. The average Bonchev–Trinajstić information content (AvgIpc) is 2.55. The first-order valence-electron chi connectivity index (χ1n) is 8.52. The number of hydrogen-bond acceptors (Lipinski definition) is 2. The molecule has 1 aromatic rings. The van der Waals surface area contributed by atoms with Gasteiger partial charge in [0.2, 0.25) is 0 Å². The van der Waals surface area contributed by atoms with E-state index in [9.17, 15) is 0 Å². The SMILES string of the molecule is COc1ccc(C2(CN=C(N(C)C)N(C)C)CCCCC2)cc1.